The van der Waals surface area contributed by atoms with Crippen molar-refractivity contribution in [3.05, 3.63) is 101 Å². The average Bonchev–Trinajstić information content (AvgIpc) is 3.33. The fourth-order valence-electron chi connectivity index (χ4n) is 5.75. The SMILES string of the molecule is O=[N+]([O-])c1cc(C2CCC(c3cc([N+](=O)[O-])c(Cl)cc3F)N2c2cc(F)c(N3CCCCC3)c(F)c2)ccc1Cl. The van der Waals surface area contributed by atoms with Crippen molar-refractivity contribution in [1.82, 2.24) is 0 Å². The van der Waals surface area contributed by atoms with Crippen molar-refractivity contribution < 1.29 is 23.0 Å². The number of nitro groups is 2. The lowest BCUT2D eigenvalue weighted by Crippen LogP contribution is -2.31. The van der Waals surface area contributed by atoms with Crippen LogP contribution in [0.4, 0.5) is 35.9 Å². The van der Waals surface area contributed by atoms with Crippen LogP contribution in [-0.4, -0.2) is 22.9 Å². The number of benzene rings is 3. The summed E-state index contributed by atoms with van der Waals surface area (Å²) in [5.41, 5.74) is -0.606. The van der Waals surface area contributed by atoms with Gasteiger partial charge in [0.05, 0.1) is 21.9 Å². The molecule has 0 spiro atoms. The summed E-state index contributed by atoms with van der Waals surface area (Å²) in [5, 5.41) is 22.6. The molecule has 13 heteroatoms. The van der Waals surface area contributed by atoms with E-state index < -0.39 is 45.1 Å². The van der Waals surface area contributed by atoms with Gasteiger partial charge in [-0.15, -0.1) is 0 Å². The molecule has 3 aromatic carbocycles. The summed E-state index contributed by atoms with van der Waals surface area (Å²) in [4.78, 5) is 24.9. The van der Waals surface area contributed by atoms with Gasteiger partial charge < -0.3 is 9.80 Å². The Morgan fingerprint density at radius 3 is 1.98 bits per heavy atom. The van der Waals surface area contributed by atoms with Crippen molar-refractivity contribution in [3.8, 4) is 0 Å². The molecule has 0 amide bonds. The highest BCUT2D eigenvalue weighted by molar-refractivity contribution is 6.33. The molecule has 2 atom stereocenters. The van der Waals surface area contributed by atoms with Crippen molar-refractivity contribution in [2.75, 3.05) is 22.9 Å². The molecular weight excluding hydrogens is 572 g/mol. The highest BCUT2D eigenvalue weighted by Crippen LogP contribution is 2.50. The molecule has 2 aliphatic heterocycles. The van der Waals surface area contributed by atoms with Gasteiger partial charge in [-0.25, -0.2) is 13.2 Å². The molecular formula is C27H23Cl2F3N4O4. The lowest BCUT2D eigenvalue weighted by atomic mass is 10.0. The number of halogens is 5. The van der Waals surface area contributed by atoms with Crippen LogP contribution in [0.5, 0.6) is 0 Å². The van der Waals surface area contributed by atoms with Gasteiger partial charge in [-0.2, -0.15) is 0 Å². The molecule has 2 heterocycles. The quantitative estimate of drug-likeness (QED) is 0.210. The van der Waals surface area contributed by atoms with Crippen LogP contribution in [0.15, 0.2) is 42.5 Å². The fraction of sp³-hybridized carbons (Fsp3) is 0.333. The molecule has 40 heavy (non-hydrogen) atoms. The van der Waals surface area contributed by atoms with Crippen LogP contribution in [0.2, 0.25) is 10.0 Å². The number of rotatable bonds is 6. The van der Waals surface area contributed by atoms with Gasteiger partial charge in [0.2, 0.25) is 0 Å². The normalized spacial score (nSPS) is 19.2. The maximum absolute atomic E-state index is 15.5. The van der Waals surface area contributed by atoms with E-state index in [1.54, 1.807) is 15.9 Å². The molecule has 2 saturated heterocycles. The summed E-state index contributed by atoms with van der Waals surface area (Å²) in [5.74, 6) is -2.42. The minimum atomic E-state index is -0.893. The Bertz CT molecular complexity index is 1480. The van der Waals surface area contributed by atoms with Crippen molar-refractivity contribution >= 4 is 46.0 Å². The maximum atomic E-state index is 15.5. The highest BCUT2D eigenvalue weighted by atomic mass is 35.5. The number of hydrogen-bond acceptors (Lipinski definition) is 6. The van der Waals surface area contributed by atoms with E-state index in [1.165, 1.54) is 12.1 Å². The van der Waals surface area contributed by atoms with Gasteiger partial charge in [0.25, 0.3) is 11.4 Å². The minimum Gasteiger partial charge on any atom is -0.367 e. The Morgan fingerprint density at radius 1 is 0.750 bits per heavy atom. The molecule has 2 aliphatic rings. The molecule has 8 nitrogen and oxygen atoms in total. The van der Waals surface area contributed by atoms with E-state index in [0.717, 1.165) is 43.5 Å². The van der Waals surface area contributed by atoms with Crippen LogP contribution in [0, 0.1) is 37.7 Å². The number of nitrogens with zero attached hydrogens (tertiary/aromatic N) is 4. The lowest BCUT2D eigenvalue weighted by molar-refractivity contribution is -0.384. The molecule has 3 aromatic rings. The predicted molar refractivity (Wildman–Crippen MR) is 146 cm³/mol. The van der Waals surface area contributed by atoms with Crippen LogP contribution < -0.4 is 9.80 Å². The molecule has 0 radical (unpaired) electrons. The zero-order valence-electron chi connectivity index (χ0n) is 21.0. The second-order valence-corrected chi connectivity index (χ2v) is 10.7. The first-order valence-electron chi connectivity index (χ1n) is 12.7. The van der Waals surface area contributed by atoms with Gasteiger partial charge in [-0.1, -0.05) is 29.3 Å². The Balaban J connectivity index is 1.65. The minimum absolute atomic E-state index is 0.0675. The third-order valence-electron chi connectivity index (χ3n) is 7.53. The summed E-state index contributed by atoms with van der Waals surface area (Å²) in [6, 6.07) is 6.79. The lowest BCUT2D eigenvalue weighted by Gasteiger charge is -2.35. The van der Waals surface area contributed by atoms with Crippen LogP contribution in [0.3, 0.4) is 0 Å². The van der Waals surface area contributed by atoms with E-state index in [-0.39, 0.29) is 39.1 Å². The van der Waals surface area contributed by atoms with Crippen molar-refractivity contribution in [3.63, 3.8) is 0 Å². The summed E-state index contributed by atoms with van der Waals surface area (Å²) in [7, 11) is 0. The molecule has 5 rings (SSSR count). The van der Waals surface area contributed by atoms with Gasteiger partial charge in [0.15, 0.2) is 11.6 Å². The molecule has 2 unspecified atom stereocenters. The van der Waals surface area contributed by atoms with Crippen molar-refractivity contribution in [1.29, 1.82) is 0 Å². The van der Waals surface area contributed by atoms with E-state index in [4.69, 9.17) is 23.2 Å². The zero-order valence-corrected chi connectivity index (χ0v) is 22.5. The smallest absolute Gasteiger partial charge is 0.288 e. The van der Waals surface area contributed by atoms with Crippen LogP contribution in [0.1, 0.15) is 55.3 Å². The highest BCUT2D eigenvalue weighted by Gasteiger charge is 2.39. The third kappa shape index (κ3) is 5.15. The number of piperidine rings is 1. The second-order valence-electron chi connectivity index (χ2n) is 9.87. The summed E-state index contributed by atoms with van der Waals surface area (Å²) in [6.45, 7) is 1.02. The monoisotopic (exact) mass is 594 g/mol. The standard InChI is InChI=1S/C27H23Cl2F3N4O4/c28-18-5-4-15(10-25(18)35(37)38)23-6-7-24(17-13-26(36(39)40)19(29)14-20(17)30)34(23)16-11-21(31)27(22(32)12-16)33-8-2-1-3-9-33/h4-5,10-14,23-24H,1-3,6-9H2. The first kappa shape index (κ1) is 28.0. The summed E-state index contributed by atoms with van der Waals surface area (Å²) >= 11 is 11.9. The number of nitro benzene ring substituents is 2. The largest absolute Gasteiger partial charge is 0.367 e. The van der Waals surface area contributed by atoms with Crippen LogP contribution in [0.25, 0.3) is 0 Å². The van der Waals surface area contributed by atoms with Gasteiger partial charge in [-0.3, -0.25) is 20.2 Å². The summed E-state index contributed by atoms with van der Waals surface area (Å²) in [6.07, 6.45) is 3.12. The molecule has 0 aliphatic carbocycles. The predicted octanol–water partition coefficient (Wildman–Crippen LogP) is 8.30. The molecule has 2 fully saturated rings. The fourth-order valence-corrected chi connectivity index (χ4v) is 6.16. The topological polar surface area (TPSA) is 92.8 Å². The average molecular weight is 595 g/mol. The van der Waals surface area contributed by atoms with E-state index in [2.05, 4.69) is 0 Å². The van der Waals surface area contributed by atoms with Crippen LogP contribution >= 0.6 is 23.2 Å². The molecule has 0 saturated carbocycles. The molecule has 0 aromatic heterocycles. The molecule has 0 N–H and O–H groups in total. The van der Waals surface area contributed by atoms with Crippen molar-refractivity contribution in [2.45, 2.75) is 44.2 Å². The van der Waals surface area contributed by atoms with Crippen molar-refractivity contribution in [2.24, 2.45) is 0 Å². The zero-order chi connectivity index (χ0) is 28.7. The third-order valence-corrected chi connectivity index (χ3v) is 8.15. The van der Waals surface area contributed by atoms with Gasteiger partial charge in [0, 0.05) is 36.5 Å². The van der Waals surface area contributed by atoms with E-state index in [0.29, 0.717) is 25.1 Å². The van der Waals surface area contributed by atoms with E-state index in [9.17, 15) is 20.2 Å². The Labute approximate surface area is 237 Å². The Morgan fingerprint density at radius 2 is 1.35 bits per heavy atom. The Hall–Kier alpha value is -3.57. The second kappa shape index (κ2) is 11.1. The molecule has 210 valence electrons. The number of hydrogen-bond donors (Lipinski definition) is 0. The Kier molecular flexibility index (Phi) is 7.78. The summed E-state index contributed by atoms with van der Waals surface area (Å²) < 4.78 is 46.3. The number of anilines is 2. The van der Waals surface area contributed by atoms with Crippen LogP contribution in [-0.2, 0) is 0 Å². The first-order chi connectivity index (χ1) is 19.1. The molecule has 0 bridgehead atoms. The van der Waals surface area contributed by atoms with E-state index in [1.807, 2.05) is 0 Å². The van der Waals surface area contributed by atoms with Gasteiger partial charge in [0.1, 0.15) is 21.5 Å². The van der Waals surface area contributed by atoms with Gasteiger partial charge in [-0.05, 0) is 61.9 Å². The maximum Gasteiger partial charge on any atom is 0.288 e. The first-order valence-corrected chi connectivity index (χ1v) is 13.4. The van der Waals surface area contributed by atoms with Gasteiger partial charge >= 0.3 is 0 Å². The van der Waals surface area contributed by atoms with E-state index >= 15 is 13.2 Å².